The first kappa shape index (κ1) is 20.3. The van der Waals surface area contributed by atoms with E-state index in [4.69, 9.17) is 14.1 Å². The van der Waals surface area contributed by atoms with Crippen LogP contribution in [0.1, 0.15) is 20.8 Å². The maximum Gasteiger partial charge on any atom is 0.266 e. The van der Waals surface area contributed by atoms with E-state index in [1.165, 1.54) is 19.1 Å². The summed E-state index contributed by atoms with van der Waals surface area (Å²) in [6, 6.07) is 13.1. The van der Waals surface area contributed by atoms with Gasteiger partial charge in [0.1, 0.15) is 5.75 Å². The molecule has 152 valence electrons. The fourth-order valence-electron chi connectivity index (χ4n) is 2.43. The third kappa shape index (κ3) is 5.31. The summed E-state index contributed by atoms with van der Waals surface area (Å²) in [7, 11) is 0. The molecule has 0 aliphatic heterocycles. The second-order valence-electron chi connectivity index (χ2n) is 6.87. The predicted octanol–water partition coefficient (Wildman–Crippen LogP) is 4.32. The number of amides is 1. The maximum absolute atomic E-state index is 13.7. The van der Waals surface area contributed by atoms with Gasteiger partial charge >= 0.3 is 0 Å². The minimum Gasteiger partial charge on any atom is -0.493 e. The zero-order valence-corrected chi connectivity index (χ0v) is 16.4. The minimum atomic E-state index is -0.955. The SMILES string of the molecule is CC(C)COc1ccc(-c2nonc2NC(=O)[C@@H](C)Oc2ccccc2F)cc1. The van der Waals surface area contributed by atoms with Crippen molar-refractivity contribution in [1.82, 2.24) is 10.3 Å². The molecule has 1 atom stereocenters. The number of hydrogen-bond donors (Lipinski definition) is 1. The Labute approximate surface area is 167 Å². The fraction of sp³-hybridized carbons (Fsp3) is 0.286. The molecule has 0 saturated carbocycles. The Morgan fingerprint density at radius 2 is 1.83 bits per heavy atom. The molecule has 0 bridgehead atoms. The van der Waals surface area contributed by atoms with Crippen molar-refractivity contribution in [3.8, 4) is 22.8 Å². The zero-order chi connectivity index (χ0) is 20.8. The van der Waals surface area contributed by atoms with E-state index >= 15 is 0 Å². The first-order chi connectivity index (χ1) is 13.9. The van der Waals surface area contributed by atoms with Crippen LogP contribution in [0.2, 0.25) is 0 Å². The molecule has 0 saturated heterocycles. The molecule has 0 aliphatic carbocycles. The Kier molecular flexibility index (Phi) is 6.43. The second-order valence-corrected chi connectivity index (χ2v) is 6.87. The quantitative estimate of drug-likeness (QED) is 0.607. The summed E-state index contributed by atoms with van der Waals surface area (Å²) < 4.78 is 29.5. The van der Waals surface area contributed by atoms with E-state index in [1.54, 1.807) is 24.3 Å². The Hall–Kier alpha value is -3.42. The standard InChI is InChI=1S/C21H22FN3O4/c1-13(2)12-27-16-10-8-15(9-11-16)19-20(25-29-24-19)23-21(26)14(3)28-18-7-5-4-6-17(18)22/h4-11,13-14H,12H2,1-3H3,(H,23,25,26)/t14-/m1/s1. The van der Waals surface area contributed by atoms with Gasteiger partial charge in [-0.2, -0.15) is 0 Å². The van der Waals surface area contributed by atoms with Gasteiger partial charge in [-0.15, -0.1) is 0 Å². The third-order valence-electron chi connectivity index (χ3n) is 3.95. The van der Waals surface area contributed by atoms with Crippen LogP contribution in [0.4, 0.5) is 10.2 Å². The van der Waals surface area contributed by atoms with Gasteiger partial charge in [0.05, 0.1) is 6.61 Å². The van der Waals surface area contributed by atoms with Gasteiger partial charge in [-0.1, -0.05) is 26.0 Å². The van der Waals surface area contributed by atoms with Gasteiger partial charge in [0.2, 0.25) is 5.82 Å². The van der Waals surface area contributed by atoms with Gasteiger partial charge in [0.15, 0.2) is 23.4 Å². The van der Waals surface area contributed by atoms with E-state index in [-0.39, 0.29) is 11.6 Å². The molecule has 1 aromatic heterocycles. The van der Waals surface area contributed by atoms with Crippen LogP contribution in [-0.4, -0.2) is 28.9 Å². The number of benzene rings is 2. The Morgan fingerprint density at radius 3 is 2.52 bits per heavy atom. The molecule has 8 heteroatoms. The number of para-hydroxylation sites is 1. The van der Waals surface area contributed by atoms with Gasteiger partial charge in [0, 0.05) is 5.56 Å². The topological polar surface area (TPSA) is 86.5 Å². The number of carbonyl (C=O) groups is 1. The number of hydrogen-bond acceptors (Lipinski definition) is 6. The Balaban J connectivity index is 1.66. The van der Waals surface area contributed by atoms with Gasteiger partial charge < -0.3 is 14.8 Å². The highest BCUT2D eigenvalue weighted by atomic mass is 19.1. The van der Waals surface area contributed by atoms with E-state index in [2.05, 4.69) is 29.5 Å². The summed E-state index contributed by atoms with van der Waals surface area (Å²) in [6.45, 7) is 6.27. The summed E-state index contributed by atoms with van der Waals surface area (Å²) in [5.41, 5.74) is 1.06. The van der Waals surface area contributed by atoms with Gasteiger partial charge in [-0.05, 0) is 59.6 Å². The number of nitrogens with one attached hydrogen (secondary N) is 1. The molecule has 3 rings (SSSR count). The molecule has 0 aliphatic rings. The summed E-state index contributed by atoms with van der Waals surface area (Å²) in [6.07, 6.45) is -0.955. The van der Waals surface area contributed by atoms with Crippen LogP contribution in [0, 0.1) is 11.7 Å². The van der Waals surface area contributed by atoms with E-state index in [0.29, 0.717) is 23.8 Å². The molecule has 0 unspecified atom stereocenters. The molecule has 3 aromatic rings. The highest BCUT2D eigenvalue weighted by Crippen LogP contribution is 2.27. The lowest BCUT2D eigenvalue weighted by atomic mass is 10.1. The number of anilines is 1. The van der Waals surface area contributed by atoms with Gasteiger partial charge in [-0.3, -0.25) is 4.79 Å². The summed E-state index contributed by atoms with van der Waals surface area (Å²) in [5.74, 6) is 0.236. The van der Waals surface area contributed by atoms with Crippen molar-refractivity contribution in [3.63, 3.8) is 0 Å². The van der Waals surface area contributed by atoms with Crippen LogP contribution in [0.15, 0.2) is 53.2 Å². The summed E-state index contributed by atoms with van der Waals surface area (Å²) in [5, 5.41) is 10.2. The fourth-order valence-corrected chi connectivity index (χ4v) is 2.43. The van der Waals surface area contributed by atoms with Crippen molar-refractivity contribution in [2.75, 3.05) is 11.9 Å². The zero-order valence-electron chi connectivity index (χ0n) is 16.4. The number of aromatic nitrogens is 2. The Bertz CT molecular complexity index is 957. The molecule has 2 aromatic carbocycles. The third-order valence-corrected chi connectivity index (χ3v) is 3.95. The van der Waals surface area contributed by atoms with Crippen molar-refractivity contribution in [2.45, 2.75) is 26.9 Å². The second kappa shape index (κ2) is 9.18. The molecule has 1 heterocycles. The first-order valence-electron chi connectivity index (χ1n) is 9.22. The molecule has 1 amide bonds. The van der Waals surface area contributed by atoms with Crippen LogP contribution < -0.4 is 14.8 Å². The maximum atomic E-state index is 13.7. The van der Waals surface area contributed by atoms with Gasteiger partial charge in [0.25, 0.3) is 5.91 Å². The van der Waals surface area contributed by atoms with E-state index in [0.717, 1.165) is 5.75 Å². The van der Waals surface area contributed by atoms with Crippen LogP contribution in [0.5, 0.6) is 11.5 Å². The molecule has 0 spiro atoms. The van der Waals surface area contributed by atoms with Crippen molar-refractivity contribution in [2.24, 2.45) is 5.92 Å². The lowest BCUT2D eigenvalue weighted by molar-refractivity contribution is -0.122. The first-order valence-corrected chi connectivity index (χ1v) is 9.22. The lowest BCUT2D eigenvalue weighted by Gasteiger charge is -2.14. The van der Waals surface area contributed by atoms with Crippen molar-refractivity contribution in [1.29, 1.82) is 0 Å². The molecule has 7 nitrogen and oxygen atoms in total. The monoisotopic (exact) mass is 399 g/mol. The summed E-state index contributed by atoms with van der Waals surface area (Å²) >= 11 is 0. The smallest absolute Gasteiger partial charge is 0.266 e. The predicted molar refractivity (Wildman–Crippen MR) is 105 cm³/mol. The van der Waals surface area contributed by atoms with Crippen molar-refractivity contribution < 1.29 is 23.3 Å². The average Bonchev–Trinajstić information content (AvgIpc) is 3.16. The highest BCUT2D eigenvalue weighted by molar-refractivity contribution is 5.95. The number of nitrogens with zero attached hydrogens (tertiary/aromatic N) is 2. The number of carbonyl (C=O) groups excluding carboxylic acids is 1. The highest BCUT2D eigenvalue weighted by Gasteiger charge is 2.21. The number of ether oxygens (including phenoxy) is 2. The van der Waals surface area contributed by atoms with Crippen LogP contribution in [0.25, 0.3) is 11.3 Å². The van der Waals surface area contributed by atoms with E-state index in [1.807, 2.05) is 12.1 Å². The van der Waals surface area contributed by atoms with Crippen molar-refractivity contribution >= 4 is 11.7 Å². The van der Waals surface area contributed by atoms with E-state index in [9.17, 15) is 9.18 Å². The number of halogens is 1. The average molecular weight is 399 g/mol. The normalized spacial score (nSPS) is 11.9. The van der Waals surface area contributed by atoms with Crippen LogP contribution >= 0.6 is 0 Å². The molecular formula is C21H22FN3O4. The molecule has 1 N–H and O–H groups in total. The molecular weight excluding hydrogens is 377 g/mol. The molecule has 29 heavy (non-hydrogen) atoms. The summed E-state index contributed by atoms with van der Waals surface area (Å²) in [4.78, 5) is 12.4. The molecule has 0 fully saturated rings. The number of rotatable bonds is 8. The Morgan fingerprint density at radius 1 is 1.10 bits per heavy atom. The van der Waals surface area contributed by atoms with Crippen LogP contribution in [0.3, 0.4) is 0 Å². The minimum absolute atomic E-state index is 0.00867. The van der Waals surface area contributed by atoms with Gasteiger partial charge in [-0.25, -0.2) is 9.02 Å². The van der Waals surface area contributed by atoms with E-state index < -0.39 is 17.8 Å². The lowest BCUT2D eigenvalue weighted by Crippen LogP contribution is -2.30. The van der Waals surface area contributed by atoms with Crippen molar-refractivity contribution in [3.05, 3.63) is 54.3 Å². The molecule has 0 radical (unpaired) electrons. The van der Waals surface area contributed by atoms with Crippen LogP contribution in [-0.2, 0) is 4.79 Å². The largest absolute Gasteiger partial charge is 0.493 e.